The van der Waals surface area contributed by atoms with Gasteiger partial charge in [-0.15, -0.1) is 0 Å². The summed E-state index contributed by atoms with van der Waals surface area (Å²) >= 11 is 5.87. The van der Waals surface area contributed by atoms with Crippen LogP contribution >= 0.6 is 11.6 Å². The van der Waals surface area contributed by atoms with Gasteiger partial charge in [0.2, 0.25) is 5.78 Å². The van der Waals surface area contributed by atoms with Crippen LogP contribution in [0.4, 0.5) is 0 Å². The Hall–Kier alpha value is -2.52. The SMILES string of the molecule is [C-]#[N+][C@]1(C)C(=O)C(C(=O)CCC(=O)O)C(=O)c2cc(Cl)ccc21. The van der Waals surface area contributed by atoms with E-state index in [-0.39, 0.29) is 16.1 Å². The van der Waals surface area contributed by atoms with Gasteiger partial charge in [-0.1, -0.05) is 11.6 Å². The molecule has 0 fully saturated rings. The van der Waals surface area contributed by atoms with Crippen molar-refractivity contribution in [3.8, 4) is 0 Å². The van der Waals surface area contributed by atoms with Gasteiger partial charge in [0.1, 0.15) is 5.92 Å². The van der Waals surface area contributed by atoms with E-state index in [1.807, 2.05) is 0 Å². The standard InChI is InChI=1S/C16H12ClNO5/c1-16(18-2)10-4-3-8(17)7-9(10)14(22)13(15(16)23)11(19)5-6-12(20)21/h3-4,7,13H,5-6H2,1H3,(H,20,21)/t13?,16-/m0/s1. The third-order valence-corrected chi connectivity index (χ3v) is 4.14. The molecule has 1 aliphatic rings. The van der Waals surface area contributed by atoms with Crippen LogP contribution in [0.25, 0.3) is 4.85 Å². The summed E-state index contributed by atoms with van der Waals surface area (Å²) in [6.07, 6.45) is -0.922. The summed E-state index contributed by atoms with van der Waals surface area (Å²) in [6.45, 7) is 8.68. The summed E-state index contributed by atoms with van der Waals surface area (Å²) in [7, 11) is 0. The Labute approximate surface area is 136 Å². The molecule has 0 radical (unpaired) electrons. The number of carbonyl (C=O) groups is 4. The highest BCUT2D eigenvalue weighted by Gasteiger charge is 2.56. The fourth-order valence-electron chi connectivity index (χ4n) is 2.62. The largest absolute Gasteiger partial charge is 0.481 e. The van der Waals surface area contributed by atoms with Gasteiger partial charge in [0.05, 0.1) is 12.0 Å². The number of hydrogen-bond acceptors (Lipinski definition) is 4. The van der Waals surface area contributed by atoms with E-state index in [0.29, 0.717) is 0 Å². The van der Waals surface area contributed by atoms with Crippen molar-refractivity contribution in [2.75, 3.05) is 0 Å². The van der Waals surface area contributed by atoms with E-state index in [0.717, 1.165) is 0 Å². The van der Waals surface area contributed by atoms with Gasteiger partial charge in [-0.25, -0.2) is 6.57 Å². The number of fused-ring (bicyclic) bond motifs is 1. The summed E-state index contributed by atoms with van der Waals surface area (Å²) in [5.74, 6) is -5.19. The normalized spacial score (nSPS) is 23.1. The van der Waals surface area contributed by atoms with Gasteiger partial charge in [-0.05, 0) is 18.2 Å². The van der Waals surface area contributed by atoms with Crippen molar-refractivity contribution in [3.63, 3.8) is 0 Å². The van der Waals surface area contributed by atoms with Gasteiger partial charge in [-0.3, -0.25) is 24.0 Å². The number of benzene rings is 1. The van der Waals surface area contributed by atoms with Crippen LogP contribution in [0.15, 0.2) is 18.2 Å². The van der Waals surface area contributed by atoms with E-state index in [1.165, 1.54) is 25.1 Å². The summed E-state index contributed by atoms with van der Waals surface area (Å²) < 4.78 is 0. The number of rotatable bonds is 4. The molecule has 6 nitrogen and oxygen atoms in total. The lowest BCUT2D eigenvalue weighted by Gasteiger charge is -2.28. The fraction of sp³-hybridized carbons (Fsp3) is 0.312. The van der Waals surface area contributed by atoms with Crippen molar-refractivity contribution in [2.24, 2.45) is 5.92 Å². The Kier molecular flexibility index (Phi) is 4.35. The molecule has 1 aliphatic carbocycles. The lowest BCUT2D eigenvalue weighted by molar-refractivity contribution is -0.140. The van der Waals surface area contributed by atoms with Gasteiger partial charge in [0, 0.05) is 23.9 Å². The summed E-state index contributed by atoms with van der Waals surface area (Å²) in [4.78, 5) is 51.2. The second-order valence-corrected chi connectivity index (χ2v) is 5.83. The van der Waals surface area contributed by atoms with E-state index in [4.69, 9.17) is 23.3 Å². The van der Waals surface area contributed by atoms with Crippen molar-refractivity contribution in [1.29, 1.82) is 0 Å². The third kappa shape index (κ3) is 2.76. The first-order valence-electron chi connectivity index (χ1n) is 6.74. The Balaban J connectivity index is 2.54. The van der Waals surface area contributed by atoms with Crippen LogP contribution in [0.1, 0.15) is 35.7 Å². The quantitative estimate of drug-likeness (QED) is 0.674. The second-order valence-electron chi connectivity index (χ2n) is 5.40. The van der Waals surface area contributed by atoms with Gasteiger partial charge < -0.3 is 5.11 Å². The number of ketones is 3. The molecule has 2 rings (SSSR count). The minimum atomic E-state index is -1.67. The molecule has 1 N–H and O–H groups in total. The molecular formula is C16H12ClNO5. The first-order chi connectivity index (χ1) is 10.7. The lowest BCUT2D eigenvalue weighted by atomic mass is 9.69. The smallest absolute Gasteiger partial charge is 0.313 e. The van der Waals surface area contributed by atoms with Crippen LogP contribution in [0.3, 0.4) is 0 Å². The minimum Gasteiger partial charge on any atom is -0.481 e. The molecule has 2 atom stereocenters. The van der Waals surface area contributed by atoms with Crippen molar-refractivity contribution in [2.45, 2.75) is 25.3 Å². The molecule has 0 amide bonds. The highest BCUT2D eigenvalue weighted by atomic mass is 35.5. The molecule has 0 bridgehead atoms. The molecule has 1 aromatic rings. The zero-order chi connectivity index (χ0) is 17.4. The molecule has 0 aromatic heterocycles. The molecule has 0 saturated heterocycles. The molecule has 1 aromatic carbocycles. The van der Waals surface area contributed by atoms with Gasteiger partial charge >= 0.3 is 11.5 Å². The maximum atomic E-state index is 12.6. The maximum absolute atomic E-state index is 12.6. The molecule has 0 spiro atoms. The Bertz CT molecular complexity index is 779. The molecule has 118 valence electrons. The third-order valence-electron chi connectivity index (χ3n) is 3.91. The number of carboxylic acid groups (broad SMARTS) is 1. The second kappa shape index (κ2) is 5.94. The van der Waals surface area contributed by atoms with E-state index in [9.17, 15) is 19.2 Å². The zero-order valence-electron chi connectivity index (χ0n) is 12.1. The first kappa shape index (κ1) is 16.8. The highest BCUT2D eigenvalue weighted by Crippen LogP contribution is 2.40. The molecule has 23 heavy (non-hydrogen) atoms. The lowest BCUT2D eigenvalue weighted by Crippen LogP contribution is -2.47. The number of aliphatic carboxylic acids is 1. The van der Waals surface area contributed by atoms with Crippen LogP contribution in [0, 0.1) is 12.5 Å². The van der Waals surface area contributed by atoms with Crippen LogP contribution in [-0.2, 0) is 19.9 Å². The maximum Gasteiger partial charge on any atom is 0.313 e. The van der Waals surface area contributed by atoms with E-state index >= 15 is 0 Å². The fourth-order valence-corrected chi connectivity index (χ4v) is 2.79. The van der Waals surface area contributed by atoms with E-state index in [2.05, 4.69) is 4.85 Å². The van der Waals surface area contributed by atoms with Crippen molar-refractivity contribution < 1.29 is 24.3 Å². The van der Waals surface area contributed by atoms with Crippen molar-refractivity contribution >= 4 is 34.9 Å². The van der Waals surface area contributed by atoms with Crippen LogP contribution in [0.2, 0.25) is 5.02 Å². The summed E-state index contributed by atoms with van der Waals surface area (Å²) in [5, 5.41) is 8.89. The predicted molar refractivity (Wildman–Crippen MR) is 80.1 cm³/mol. The molecule has 1 unspecified atom stereocenters. The van der Waals surface area contributed by atoms with Crippen molar-refractivity contribution in [1.82, 2.24) is 0 Å². The zero-order valence-corrected chi connectivity index (χ0v) is 12.9. The number of carbonyl (C=O) groups excluding carboxylic acids is 3. The molecule has 0 aliphatic heterocycles. The van der Waals surface area contributed by atoms with Gasteiger partial charge in [0.25, 0.3) is 0 Å². The van der Waals surface area contributed by atoms with Crippen LogP contribution in [-0.4, -0.2) is 28.4 Å². The van der Waals surface area contributed by atoms with Gasteiger partial charge in [0.15, 0.2) is 11.6 Å². The van der Waals surface area contributed by atoms with Crippen molar-refractivity contribution in [3.05, 3.63) is 45.8 Å². The Morgan fingerprint density at radius 2 is 2.00 bits per heavy atom. The number of hydrogen-bond donors (Lipinski definition) is 1. The van der Waals surface area contributed by atoms with E-state index < -0.39 is 47.6 Å². The molecule has 7 heteroatoms. The summed E-state index contributed by atoms with van der Waals surface area (Å²) in [5.41, 5.74) is -1.39. The Morgan fingerprint density at radius 1 is 1.35 bits per heavy atom. The average molecular weight is 334 g/mol. The monoisotopic (exact) mass is 333 g/mol. The minimum absolute atomic E-state index is 0.0595. The van der Waals surface area contributed by atoms with Crippen LogP contribution < -0.4 is 0 Å². The highest BCUT2D eigenvalue weighted by molar-refractivity contribution is 6.33. The molecular weight excluding hydrogens is 322 g/mol. The number of Topliss-reactive ketones (excluding diaryl/α,β-unsaturated/α-hetero) is 3. The summed E-state index contributed by atoms with van der Waals surface area (Å²) in [6, 6.07) is 4.23. The van der Waals surface area contributed by atoms with E-state index in [1.54, 1.807) is 0 Å². The number of halogens is 1. The Morgan fingerprint density at radius 3 is 2.57 bits per heavy atom. The van der Waals surface area contributed by atoms with Gasteiger partial charge in [-0.2, -0.15) is 0 Å². The first-order valence-corrected chi connectivity index (χ1v) is 7.12. The number of carboxylic acids is 1. The predicted octanol–water partition coefficient (Wildman–Crippen LogP) is 2.29. The molecule has 0 saturated carbocycles. The molecule has 0 heterocycles. The number of nitrogens with zero attached hydrogens (tertiary/aromatic N) is 1. The van der Waals surface area contributed by atoms with Crippen LogP contribution in [0.5, 0.6) is 0 Å². The average Bonchev–Trinajstić information content (AvgIpc) is 2.50. The topological polar surface area (TPSA) is 92.9 Å².